The first-order valence-electron chi connectivity index (χ1n) is 7.41. The number of ether oxygens (including phenoxy) is 2. The highest BCUT2D eigenvalue weighted by Gasteiger charge is 2.27. The van der Waals surface area contributed by atoms with Crippen molar-refractivity contribution in [2.24, 2.45) is 0 Å². The van der Waals surface area contributed by atoms with Gasteiger partial charge in [-0.25, -0.2) is 4.98 Å². The Balaban J connectivity index is 1.56. The summed E-state index contributed by atoms with van der Waals surface area (Å²) in [5, 5.41) is 3.65. The molecule has 1 aliphatic heterocycles. The van der Waals surface area contributed by atoms with E-state index in [0.29, 0.717) is 30.3 Å². The second kappa shape index (κ2) is 6.64. The van der Waals surface area contributed by atoms with Crippen molar-refractivity contribution in [2.45, 2.75) is 25.9 Å². The minimum absolute atomic E-state index is 0.0160. The lowest BCUT2D eigenvalue weighted by atomic mass is 10.1. The number of hydrogen-bond donors (Lipinski definition) is 0. The molecule has 8 nitrogen and oxygen atoms in total. The van der Waals surface area contributed by atoms with Gasteiger partial charge in [0.2, 0.25) is 5.88 Å². The van der Waals surface area contributed by atoms with E-state index < -0.39 is 0 Å². The van der Waals surface area contributed by atoms with E-state index in [2.05, 4.69) is 15.1 Å². The van der Waals surface area contributed by atoms with Crippen LogP contribution < -0.4 is 9.47 Å². The van der Waals surface area contributed by atoms with Crippen LogP contribution in [0.15, 0.2) is 23.0 Å². The highest BCUT2D eigenvalue weighted by Crippen LogP contribution is 2.20. The summed E-state index contributed by atoms with van der Waals surface area (Å²) in [6.07, 6.45) is 4.55. The predicted molar refractivity (Wildman–Crippen MR) is 79.4 cm³/mol. The number of likely N-dealkylation sites (tertiary alicyclic amines) is 1. The molecule has 0 bridgehead atoms. The van der Waals surface area contributed by atoms with Crippen LogP contribution in [-0.2, 0) is 0 Å². The average molecular weight is 318 g/mol. The van der Waals surface area contributed by atoms with Crippen molar-refractivity contribution in [3.8, 4) is 11.9 Å². The molecule has 23 heavy (non-hydrogen) atoms. The van der Waals surface area contributed by atoms with Crippen LogP contribution in [0.4, 0.5) is 0 Å². The molecule has 0 atom stereocenters. The van der Waals surface area contributed by atoms with Gasteiger partial charge in [-0.15, -0.1) is 0 Å². The first-order chi connectivity index (χ1) is 11.2. The monoisotopic (exact) mass is 318 g/mol. The zero-order chi connectivity index (χ0) is 16.2. The molecule has 0 N–H and O–H groups in total. The van der Waals surface area contributed by atoms with Gasteiger partial charge in [0.15, 0.2) is 0 Å². The third-order valence-corrected chi connectivity index (χ3v) is 3.79. The van der Waals surface area contributed by atoms with Gasteiger partial charge in [-0.3, -0.25) is 4.79 Å². The Labute approximate surface area is 133 Å². The number of carbonyl (C=O) groups is 1. The van der Waals surface area contributed by atoms with E-state index in [0.717, 1.165) is 12.8 Å². The van der Waals surface area contributed by atoms with Crippen molar-refractivity contribution in [3.63, 3.8) is 0 Å². The summed E-state index contributed by atoms with van der Waals surface area (Å²) >= 11 is 0. The SMILES string of the molecule is COc1nccc(OC2CCN(C(=O)c3cnoc3C)CC2)n1. The molecule has 0 aromatic carbocycles. The Morgan fingerprint density at radius 1 is 1.39 bits per heavy atom. The van der Waals surface area contributed by atoms with Crippen LogP contribution in [0.1, 0.15) is 29.0 Å². The van der Waals surface area contributed by atoms with E-state index in [-0.39, 0.29) is 18.0 Å². The smallest absolute Gasteiger partial charge is 0.319 e. The maximum Gasteiger partial charge on any atom is 0.319 e. The number of amides is 1. The molecule has 2 aromatic rings. The normalized spacial score (nSPS) is 15.5. The molecular formula is C15H18N4O4. The lowest BCUT2D eigenvalue weighted by molar-refractivity contribution is 0.0585. The largest absolute Gasteiger partial charge is 0.474 e. The fourth-order valence-electron chi connectivity index (χ4n) is 2.51. The average Bonchev–Trinajstić information content (AvgIpc) is 3.01. The van der Waals surface area contributed by atoms with Crippen LogP contribution in [0.25, 0.3) is 0 Å². The summed E-state index contributed by atoms with van der Waals surface area (Å²) in [5.41, 5.74) is 0.518. The number of aryl methyl sites for hydroxylation is 1. The topological polar surface area (TPSA) is 90.6 Å². The van der Waals surface area contributed by atoms with Gasteiger partial charge in [0, 0.05) is 38.2 Å². The lowest BCUT2D eigenvalue weighted by Crippen LogP contribution is -2.41. The van der Waals surface area contributed by atoms with Crippen LogP contribution in [0.3, 0.4) is 0 Å². The summed E-state index contributed by atoms with van der Waals surface area (Å²) in [7, 11) is 1.51. The molecule has 1 fully saturated rings. The molecule has 1 amide bonds. The molecule has 0 spiro atoms. The van der Waals surface area contributed by atoms with Crippen LogP contribution in [-0.4, -0.2) is 52.2 Å². The standard InChI is InChI=1S/C15H18N4O4/c1-10-12(9-17-23-10)14(20)19-7-4-11(5-8-19)22-13-3-6-16-15(18-13)21-2/h3,6,9,11H,4-5,7-8H2,1-2H3. The van der Waals surface area contributed by atoms with Crippen LogP contribution in [0.2, 0.25) is 0 Å². The number of hydrogen-bond acceptors (Lipinski definition) is 7. The third kappa shape index (κ3) is 3.41. The third-order valence-electron chi connectivity index (χ3n) is 3.79. The molecule has 0 radical (unpaired) electrons. The van der Waals surface area contributed by atoms with Gasteiger partial charge in [-0.05, 0) is 6.92 Å². The molecule has 1 saturated heterocycles. The quantitative estimate of drug-likeness (QED) is 0.843. The van der Waals surface area contributed by atoms with Crippen LogP contribution in [0, 0.1) is 6.92 Å². The van der Waals surface area contributed by atoms with Gasteiger partial charge in [0.05, 0.1) is 13.3 Å². The number of methoxy groups -OCH3 is 1. The zero-order valence-electron chi connectivity index (χ0n) is 13.1. The Morgan fingerprint density at radius 2 is 2.17 bits per heavy atom. The van der Waals surface area contributed by atoms with E-state index in [1.165, 1.54) is 13.3 Å². The van der Waals surface area contributed by atoms with Gasteiger partial charge in [0.1, 0.15) is 17.4 Å². The highest BCUT2D eigenvalue weighted by atomic mass is 16.5. The molecule has 2 aromatic heterocycles. The van der Waals surface area contributed by atoms with Crippen molar-refractivity contribution >= 4 is 5.91 Å². The molecule has 122 valence electrons. The molecule has 1 aliphatic rings. The van der Waals surface area contributed by atoms with Crippen molar-refractivity contribution in [1.29, 1.82) is 0 Å². The minimum Gasteiger partial charge on any atom is -0.474 e. The van der Waals surface area contributed by atoms with E-state index in [4.69, 9.17) is 14.0 Å². The Bertz CT molecular complexity index is 680. The number of rotatable bonds is 4. The van der Waals surface area contributed by atoms with Crippen molar-refractivity contribution < 1.29 is 18.8 Å². The van der Waals surface area contributed by atoms with Crippen LogP contribution in [0.5, 0.6) is 11.9 Å². The van der Waals surface area contributed by atoms with Gasteiger partial charge < -0.3 is 18.9 Å². The number of aromatic nitrogens is 3. The molecule has 0 aliphatic carbocycles. The van der Waals surface area contributed by atoms with Crippen molar-refractivity contribution in [2.75, 3.05) is 20.2 Å². The van der Waals surface area contributed by atoms with E-state index in [1.54, 1.807) is 24.1 Å². The van der Waals surface area contributed by atoms with Gasteiger partial charge >= 0.3 is 6.01 Å². The maximum absolute atomic E-state index is 12.4. The molecule has 3 heterocycles. The lowest BCUT2D eigenvalue weighted by Gasteiger charge is -2.31. The fraction of sp³-hybridized carbons (Fsp3) is 0.467. The van der Waals surface area contributed by atoms with E-state index in [9.17, 15) is 4.79 Å². The number of nitrogens with zero attached hydrogens (tertiary/aromatic N) is 4. The zero-order valence-corrected chi connectivity index (χ0v) is 13.1. The first-order valence-corrected chi connectivity index (χ1v) is 7.41. The summed E-state index contributed by atoms with van der Waals surface area (Å²) in [6.45, 7) is 2.98. The van der Waals surface area contributed by atoms with Crippen molar-refractivity contribution in [1.82, 2.24) is 20.0 Å². The molecule has 0 saturated carbocycles. The Kier molecular flexibility index (Phi) is 4.40. The molecule has 0 unspecified atom stereocenters. The molecular weight excluding hydrogens is 300 g/mol. The van der Waals surface area contributed by atoms with Crippen LogP contribution >= 0.6 is 0 Å². The Hall–Kier alpha value is -2.64. The van der Waals surface area contributed by atoms with Gasteiger partial charge in [0.25, 0.3) is 5.91 Å². The van der Waals surface area contributed by atoms with E-state index in [1.807, 2.05) is 0 Å². The molecule has 3 rings (SSSR count). The highest BCUT2D eigenvalue weighted by molar-refractivity contribution is 5.94. The minimum atomic E-state index is -0.0501. The van der Waals surface area contributed by atoms with Gasteiger partial charge in [-0.2, -0.15) is 4.98 Å². The first kappa shape index (κ1) is 15.3. The predicted octanol–water partition coefficient (Wildman–Crippen LogP) is 1.47. The maximum atomic E-state index is 12.4. The number of piperidine rings is 1. The Morgan fingerprint density at radius 3 is 2.83 bits per heavy atom. The second-order valence-electron chi connectivity index (χ2n) is 5.29. The van der Waals surface area contributed by atoms with Crippen molar-refractivity contribution in [3.05, 3.63) is 29.8 Å². The van der Waals surface area contributed by atoms with Gasteiger partial charge in [-0.1, -0.05) is 5.16 Å². The van der Waals surface area contributed by atoms with E-state index >= 15 is 0 Å². The summed E-state index contributed by atoms with van der Waals surface area (Å²) in [4.78, 5) is 22.2. The number of carbonyl (C=O) groups excluding carboxylic acids is 1. The summed E-state index contributed by atoms with van der Waals surface area (Å²) < 4.78 is 15.8. The summed E-state index contributed by atoms with van der Waals surface area (Å²) in [5.74, 6) is 0.976. The summed E-state index contributed by atoms with van der Waals surface area (Å²) in [6, 6.07) is 1.97. The second-order valence-corrected chi connectivity index (χ2v) is 5.29. The fourth-order valence-corrected chi connectivity index (χ4v) is 2.51. The molecule has 8 heteroatoms.